The van der Waals surface area contributed by atoms with Gasteiger partial charge in [-0.3, -0.25) is 0 Å². The lowest BCUT2D eigenvalue weighted by molar-refractivity contribution is -0.0441. The molecule has 0 saturated carbocycles. The zero-order valence-electron chi connectivity index (χ0n) is 22.2. The Kier molecular flexibility index (Phi) is 5.87. The van der Waals surface area contributed by atoms with Gasteiger partial charge in [0.15, 0.2) is 0 Å². The molecule has 0 unspecified atom stereocenters. The van der Waals surface area contributed by atoms with Crippen LogP contribution in [0.4, 0.5) is 0 Å². The Morgan fingerprint density at radius 2 is 1.15 bits per heavy atom. The molecule has 0 amide bonds. The van der Waals surface area contributed by atoms with Gasteiger partial charge in [-0.15, -0.1) is 0 Å². The molecule has 2 aromatic heterocycles. The number of aliphatic hydroxyl groups excluding tert-OH is 2. The molecule has 0 aliphatic carbocycles. The first-order valence-corrected chi connectivity index (χ1v) is 12.9. The summed E-state index contributed by atoms with van der Waals surface area (Å²) in [5.74, 6) is 1.03. The number of benzene rings is 2. The van der Waals surface area contributed by atoms with E-state index in [-0.39, 0.29) is 13.2 Å². The third kappa shape index (κ3) is 4.40. The highest BCUT2D eigenvalue weighted by molar-refractivity contribution is 5.85. The predicted octanol–water partition coefficient (Wildman–Crippen LogP) is 3.77. The largest absolute Gasteiger partial charge is 0.484 e. The summed E-state index contributed by atoms with van der Waals surface area (Å²) >= 11 is 0. The molecule has 9 nitrogen and oxygen atoms in total. The van der Waals surface area contributed by atoms with Gasteiger partial charge >= 0.3 is 11.3 Å². The van der Waals surface area contributed by atoms with E-state index in [1.165, 1.54) is 12.1 Å². The molecule has 0 bridgehead atoms. The van der Waals surface area contributed by atoms with E-state index in [0.29, 0.717) is 57.4 Å². The van der Waals surface area contributed by atoms with Crippen molar-refractivity contribution in [3.63, 3.8) is 0 Å². The SMILES string of the molecule is CC1(C)Oc2c(cc3ccc(=O)oc3c2COCc2c3c(cc4ccc(=O)oc24)C[C@H](O)C(C)(C)O3)C[C@@H]1O. The molecule has 9 heteroatoms. The Balaban J connectivity index is 1.43. The van der Waals surface area contributed by atoms with E-state index in [0.717, 1.165) is 11.1 Å². The van der Waals surface area contributed by atoms with Gasteiger partial charge in [-0.2, -0.15) is 0 Å². The lowest BCUT2D eigenvalue weighted by atomic mass is 9.89. The van der Waals surface area contributed by atoms with Gasteiger partial charge in [0.1, 0.15) is 33.9 Å². The zero-order chi connectivity index (χ0) is 27.7. The minimum Gasteiger partial charge on any atom is -0.484 e. The molecule has 0 radical (unpaired) electrons. The van der Waals surface area contributed by atoms with Crippen LogP contribution >= 0.6 is 0 Å². The van der Waals surface area contributed by atoms with Gasteiger partial charge in [0.05, 0.1) is 36.5 Å². The lowest BCUT2D eigenvalue weighted by Crippen LogP contribution is -2.46. The minimum absolute atomic E-state index is 0.00699. The maximum Gasteiger partial charge on any atom is 0.336 e. The number of hydrogen-bond acceptors (Lipinski definition) is 9. The third-order valence-corrected chi connectivity index (χ3v) is 7.72. The molecule has 0 fully saturated rings. The average molecular weight is 535 g/mol. The fourth-order valence-electron chi connectivity index (χ4n) is 5.30. The summed E-state index contributed by atoms with van der Waals surface area (Å²) in [4.78, 5) is 24.3. The van der Waals surface area contributed by atoms with E-state index < -0.39 is 34.7 Å². The summed E-state index contributed by atoms with van der Waals surface area (Å²) in [6, 6.07) is 9.75. The van der Waals surface area contributed by atoms with Crippen LogP contribution in [0.3, 0.4) is 0 Å². The molecule has 4 aromatic rings. The maximum absolute atomic E-state index is 12.1. The Bertz CT molecular complexity index is 1600. The van der Waals surface area contributed by atoms with Crippen molar-refractivity contribution < 1.29 is 33.3 Å². The Morgan fingerprint density at radius 3 is 1.56 bits per heavy atom. The minimum atomic E-state index is -0.858. The standard InChI is InChI=1S/C30H30O9/c1-29(2)21(31)11-17-9-15-5-7-23(33)36-25(15)19(27(17)38-29)13-35-14-20-26-16(6-8-24(34)37-26)10-18-12-22(32)30(3,4)39-28(18)20/h5-10,21-22,31-32H,11-14H2,1-4H3/t21-,22-/m0/s1. The number of aliphatic hydroxyl groups is 2. The molecule has 2 aromatic carbocycles. The summed E-state index contributed by atoms with van der Waals surface area (Å²) in [5.41, 5.74) is 0.645. The van der Waals surface area contributed by atoms with Gasteiger partial charge in [-0.1, -0.05) is 0 Å². The van der Waals surface area contributed by atoms with Crippen molar-refractivity contribution in [2.45, 2.75) is 77.2 Å². The second kappa shape index (κ2) is 8.94. The fourth-order valence-corrected chi connectivity index (χ4v) is 5.30. The molecule has 2 N–H and O–H groups in total. The first kappa shape index (κ1) is 25.6. The van der Waals surface area contributed by atoms with Gasteiger partial charge in [0, 0.05) is 35.7 Å². The monoisotopic (exact) mass is 534 g/mol. The molecule has 204 valence electrons. The Hall–Kier alpha value is -3.66. The highest BCUT2D eigenvalue weighted by atomic mass is 16.5. The number of rotatable bonds is 4. The third-order valence-electron chi connectivity index (χ3n) is 7.72. The van der Waals surface area contributed by atoms with Crippen LogP contribution in [0, 0.1) is 0 Å². The van der Waals surface area contributed by atoms with Crippen LogP contribution in [0.25, 0.3) is 21.9 Å². The quantitative estimate of drug-likeness (QED) is 0.376. The first-order chi connectivity index (χ1) is 18.4. The summed E-state index contributed by atoms with van der Waals surface area (Å²) in [6.07, 6.45) is -0.685. The van der Waals surface area contributed by atoms with E-state index in [9.17, 15) is 19.8 Å². The van der Waals surface area contributed by atoms with Gasteiger partial charge in [-0.05, 0) is 63.1 Å². The van der Waals surface area contributed by atoms with Gasteiger partial charge in [-0.25, -0.2) is 9.59 Å². The van der Waals surface area contributed by atoms with E-state index in [1.807, 2.05) is 12.1 Å². The van der Waals surface area contributed by atoms with Crippen LogP contribution in [0.2, 0.25) is 0 Å². The lowest BCUT2D eigenvalue weighted by Gasteiger charge is -2.38. The molecule has 6 rings (SSSR count). The van der Waals surface area contributed by atoms with Crippen LogP contribution in [-0.2, 0) is 30.8 Å². The summed E-state index contributed by atoms with van der Waals surface area (Å²) < 4.78 is 29.8. The van der Waals surface area contributed by atoms with Crippen molar-refractivity contribution in [1.82, 2.24) is 0 Å². The maximum atomic E-state index is 12.1. The van der Waals surface area contributed by atoms with E-state index >= 15 is 0 Å². The van der Waals surface area contributed by atoms with Crippen molar-refractivity contribution in [3.8, 4) is 11.5 Å². The summed E-state index contributed by atoms with van der Waals surface area (Å²) in [7, 11) is 0. The number of ether oxygens (including phenoxy) is 3. The molecule has 2 aliphatic rings. The van der Waals surface area contributed by atoms with Gasteiger partial charge in [0.25, 0.3) is 0 Å². The van der Waals surface area contributed by atoms with Crippen molar-refractivity contribution >= 4 is 21.9 Å². The van der Waals surface area contributed by atoms with Crippen LogP contribution in [0.1, 0.15) is 49.9 Å². The van der Waals surface area contributed by atoms with Crippen molar-refractivity contribution in [2.75, 3.05) is 0 Å². The molecule has 0 spiro atoms. The second-order valence-electron chi connectivity index (χ2n) is 11.4. The van der Waals surface area contributed by atoms with E-state index in [2.05, 4.69) is 0 Å². The summed E-state index contributed by atoms with van der Waals surface area (Å²) in [5, 5.41) is 22.6. The molecular weight excluding hydrogens is 504 g/mol. The van der Waals surface area contributed by atoms with Crippen LogP contribution in [-0.4, -0.2) is 33.6 Å². The normalized spacial score (nSPS) is 21.2. The number of hydrogen-bond donors (Lipinski definition) is 2. The average Bonchev–Trinajstić information content (AvgIpc) is 2.86. The highest BCUT2D eigenvalue weighted by Gasteiger charge is 2.39. The first-order valence-electron chi connectivity index (χ1n) is 12.9. The zero-order valence-corrected chi connectivity index (χ0v) is 22.2. The molecular formula is C30H30O9. The van der Waals surface area contributed by atoms with Gasteiger partial charge in [0.2, 0.25) is 0 Å². The van der Waals surface area contributed by atoms with Crippen LogP contribution in [0.15, 0.2) is 54.8 Å². The van der Waals surface area contributed by atoms with Crippen molar-refractivity contribution in [1.29, 1.82) is 0 Å². The predicted molar refractivity (Wildman–Crippen MR) is 142 cm³/mol. The number of fused-ring (bicyclic) bond motifs is 4. The van der Waals surface area contributed by atoms with Crippen LogP contribution in [0.5, 0.6) is 11.5 Å². The van der Waals surface area contributed by atoms with Crippen molar-refractivity contribution in [3.05, 3.63) is 79.5 Å². The van der Waals surface area contributed by atoms with E-state index in [4.69, 9.17) is 23.0 Å². The molecule has 0 saturated heterocycles. The summed E-state index contributed by atoms with van der Waals surface area (Å²) in [6.45, 7) is 7.21. The highest BCUT2D eigenvalue weighted by Crippen LogP contribution is 2.42. The smallest absolute Gasteiger partial charge is 0.336 e. The molecule has 4 heterocycles. The Labute approximate surface area is 223 Å². The fraction of sp³-hybridized carbons (Fsp3) is 0.400. The molecule has 2 atom stereocenters. The van der Waals surface area contributed by atoms with Crippen LogP contribution < -0.4 is 20.7 Å². The molecule has 39 heavy (non-hydrogen) atoms. The Morgan fingerprint density at radius 1 is 0.744 bits per heavy atom. The van der Waals surface area contributed by atoms with E-state index in [1.54, 1.807) is 39.8 Å². The van der Waals surface area contributed by atoms with Gasteiger partial charge < -0.3 is 33.3 Å². The molecule has 2 aliphatic heterocycles. The topological polar surface area (TPSA) is 129 Å². The second-order valence-corrected chi connectivity index (χ2v) is 11.4. The van der Waals surface area contributed by atoms with Crippen molar-refractivity contribution in [2.24, 2.45) is 0 Å².